The fraction of sp³-hybridized carbons (Fsp3) is 0.714. The molecule has 0 N–H and O–H groups in total. The fourth-order valence-electron chi connectivity index (χ4n) is 4.99. The second-order valence-electron chi connectivity index (χ2n) is 8.70. The maximum Gasteiger partial charge on any atom is 0.267 e. The number of fused-ring (bicyclic) bond motifs is 2. The van der Waals surface area contributed by atoms with Gasteiger partial charge in [0.2, 0.25) is 0 Å². The van der Waals surface area contributed by atoms with Crippen LogP contribution in [0.1, 0.15) is 61.4 Å². The first-order valence-corrected chi connectivity index (χ1v) is 11.0. The van der Waals surface area contributed by atoms with Crippen LogP contribution in [0.4, 0.5) is 0 Å². The standard InChI is InChI=1S/C21H30N6O/c28-21-13-17-5-1-2-6-18(17)24-27(21)14-16-8-11-25(12-9-16)15-20-23-22-19-7-3-4-10-26(19)20/h13,16H,1-12,14-15H2. The molecule has 5 rings (SSSR count). The van der Waals surface area contributed by atoms with Crippen LogP contribution in [0, 0.1) is 5.92 Å². The molecule has 150 valence electrons. The summed E-state index contributed by atoms with van der Waals surface area (Å²) < 4.78 is 4.06. The molecule has 2 aliphatic heterocycles. The molecular formula is C21H30N6O. The van der Waals surface area contributed by atoms with Crippen LogP contribution < -0.4 is 5.56 Å². The lowest BCUT2D eigenvalue weighted by Gasteiger charge is -2.32. The lowest BCUT2D eigenvalue weighted by Crippen LogP contribution is -2.37. The van der Waals surface area contributed by atoms with E-state index in [1.54, 1.807) is 4.68 Å². The van der Waals surface area contributed by atoms with Crippen molar-refractivity contribution in [2.24, 2.45) is 5.92 Å². The van der Waals surface area contributed by atoms with E-state index in [-0.39, 0.29) is 5.56 Å². The fourth-order valence-corrected chi connectivity index (χ4v) is 4.99. The monoisotopic (exact) mass is 382 g/mol. The number of nitrogens with zero attached hydrogens (tertiary/aromatic N) is 6. The average molecular weight is 383 g/mol. The number of likely N-dealkylation sites (tertiary alicyclic amines) is 1. The Morgan fingerprint density at radius 1 is 0.964 bits per heavy atom. The van der Waals surface area contributed by atoms with Crippen molar-refractivity contribution in [3.63, 3.8) is 0 Å². The van der Waals surface area contributed by atoms with E-state index >= 15 is 0 Å². The van der Waals surface area contributed by atoms with Gasteiger partial charge in [-0.2, -0.15) is 5.10 Å². The number of hydrogen-bond donors (Lipinski definition) is 0. The first kappa shape index (κ1) is 18.0. The molecule has 0 bridgehead atoms. The van der Waals surface area contributed by atoms with Gasteiger partial charge in [-0.3, -0.25) is 9.69 Å². The van der Waals surface area contributed by atoms with Crippen molar-refractivity contribution in [3.8, 4) is 0 Å². The summed E-state index contributed by atoms with van der Waals surface area (Å²) in [5.41, 5.74) is 2.41. The van der Waals surface area contributed by atoms with Gasteiger partial charge in [0.15, 0.2) is 0 Å². The molecule has 0 spiro atoms. The van der Waals surface area contributed by atoms with Gasteiger partial charge < -0.3 is 4.57 Å². The highest BCUT2D eigenvalue weighted by Gasteiger charge is 2.24. The zero-order chi connectivity index (χ0) is 18.9. The predicted molar refractivity (Wildman–Crippen MR) is 106 cm³/mol. The zero-order valence-corrected chi connectivity index (χ0v) is 16.6. The lowest BCUT2D eigenvalue weighted by atomic mass is 9.96. The molecule has 1 fully saturated rings. The Kier molecular flexibility index (Phi) is 5.01. The molecule has 28 heavy (non-hydrogen) atoms. The Hall–Kier alpha value is -2.02. The van der Waals surface area contributed by atoms with Crippen molar-refractivity contribution in [2.75, 3.05) is 13.1 Å². The summed E-state index contributed by atoms with van der Waals surface area (Å²) >= 11 is 0. The molecule has 0 aromatic carbocycles. The van der Waals surface area contributed by atoms with E-state index < -0.39 is 0 Å². The molecular weight excluding hydrogens is 352 g/mol. The zero-order valence-electron chi connectivity index (χ0n) is 16.6. The first-order chi connectivity index (χ1) is 13.8. The highest BCUT2D eigenvalue weighted by molar-refractivity contribution is 5.20. The number of aromatic nitrogens is 5. The number of hydrogen-bond acceptors (Lipinski definition) is 5. The Morgan fingerprint density at radius 2 is 1.79 bits per heavy atom. The maximum absolute atomic E-state index is 12.4. The minimum atomic E-state index is 0.0816. The van der Waals surface area contributed by atoms with E-state index in [2.05, 4.69) is 19.7 Å². The van der Waals surface area contributed by atoms with E-state index in [0.29, 0.717) is 5.92 Å². The number of rotatable bonds is 4. The Bertz CT molecular complexity index is 893. The topological polar surface area (TPSA) is 68.8 Å². The minimum Gasteiger partial charge on any atom is -0.314 e. The third kappa shape index (κ3) is 3.64. The smallest absolute Gasteiger partial charge is 0.267 e. The summed E-state index contributed by atoms with van der Waals surface area (Å²) in [7, 11) is 0. The minimum absolute atomic E-state index is 0.0816. The van der Waals surface area contributed by atoms with Crippen LogP contribution in [0.3, 0.4) is 0 Å². The summed E-state index contributed by atoms with van der Waals surface area (Å²) in [5, 5.41) is 13.5. The summed E-state index contributed by atoms with van der Waals surface area (Å²) in [4.78, 5) is 14.9. The van der Waals surface area contributed by atoms with Gasteiger partial charge in [-0.15, -0.1) is 10.2 Å². The van der Waals surface area contributed by atoms with Gasteiger partial charge in [-0.25, -0.2) is 4.68 Å². The molecule has 7 nitrogen and oxygen atoms in total. The lowest BCUT2D eigenvalue weighted by molar-refractivity contribution is 0.158. The van der Waals surface area contributed by atoms with E-state index in [4.69, 9.17) is 5.10 Å². The van der Waals surface area contributed by atoms with Gasteiger partial charge in [-0.05, 0) is 75.9 Å². The van der Waals surface area contributed by atoms with Crippen molar-refractivity contribution in [3.05, 3.63) is 39.3 Å². The molecule has 0 radical (unpaired) electrons. The van der Waals surface area contributed by atoms with E-state index in [1.165, 1.54) is 31.2 Å². The van der Waals surface area contributed by atoms with E-state index in [0.717, 1.165) is 82.2 Å². The molecule has 0 saturated carbocycles. The molecule has 3 aliphatic rings. The predicted octanol–water partition coefficient (Wildman–Crippen LogP) is 1.96. The van der Waals surface area contributed by atoms with Gasteiger partial charge in [-0.1, -0.05) is 0 Å². The van der Waals surface area contributed by atoms with Crippen LogP contribution in [-0.4, -0.2) is 42.5 Å². The summed E-state index contributed by atoms with van der Waals surface area (Å²) in [6.07, 6.45) is 10.2. The summed E-state index contributed by atoms with van der Waals surface area (Å²) in [5.74, 6) is 2.82. The maximum atomic E-state index is 12.4. The average Bonchev–Trinajstić information content (AvgIpc) is 3.13. The number of piperidine rings is 1. The largest absolute Gasteiger partial charge is 0.314 e. The Morgan fingerprint density at radius 3 is 2.68 bits per heavy atom. The SMILES string of the molecule is O=c1cc2c(nn1CC1CCN(Cc3nnc4n3CCCC4)CC1)CCCC2. The van der Waals surface area contributed by atoms with Crippen LogP contribution in [0.15, 0.2) is 10.9 Å². The molecule has 1 saturated heterocycles. The molecule has 2 aromatic heterocycles. The molecule has 0 unspecified atom stereocenters. The Balaban J connectivity index is 1.19. The highest BCUT2D eigenvalue weighted by atomic mass is 16.1. The molecule has 4 heterocycles. The van der Waals surface area contributed by atoms with Crippen LogP contribution in [0.25, 0.3) is 0 Å². The molecule has 2 aromatic rings. The van der Waals surface area contributed by atoms with Gasteiger partial charge in [0, 0.05) is 25.6 Å². The highest BCUT2D eigenvalue weighted by Crippen LogP contribution is 2.22. The second-order valence-corrected chi connectivity index (χ2v) is 8.70. The van der Waals surface area contributed by atoms with E-state index in [1.807, 2.05) is 6.07 Å². The number of aryl methyl sites for hydroxylation is 3. The van der Waals surface area contributed by atoms with Crippen LogP contribution in [0.5, 0.6) is 0 Å². The Labute approximate surface area is 165 Å². The molecule has 7 heteroatoms. The second kappa shape index (κ2) is 7.78. The molecule has 0 amide bonds. The third-order valence-electron chi connectivity index (χ3n) is 6.71. The van der Waals surface area contributed by atoms with Gasteiger partial charge in [0.1, 0.15) is 11.6 Å². The van der Waals surface area contributed by atoms with Crippen molar-refractivity contribution in [2.45, 2.75) is 77.4 Å². The molecule has 0 atom stereocenters. The quantitative estimate of drug-likeness (QED) is 0.809. The van der Waals surface area contributed by atoms with Crippen LogP contribution in [-0.2, 0) is 38.9 Å². The normalized spacial score (nSPS) is 20.7. The van der Waals surface area contributed by atoms with Crippen molar-refractivity contribution < 1.29 is 0 Å². The van der Waals surface area contributed by atoms with E-state index in [9.17, 15) is 4.79 Å². The van der Waals surface area contributed by atoms with Crippen LogP contribution in [0.2, 0.25) is 0 Å². The molecule has 1 aliphatic carbocycles. The van der Waals surface area contributed by atoms with Crippen molar-refractivity contribution in [1.82, 2.24) is 29.4 Å². The third-order valence-corrected chi connectivity index (χ3v) is 6.71. The first-order valence-electron chi connectivity index (χ1n) is 11.0. The van der Waals surface area contributed by atoms with Crippen molar-refractivity contribution in [1.29, 1.82) is 0 Å². The van der Waals surface area contributed by atoms with Crippen LogP contribution >= 0.6 is 0 Å². The van der Waals surface area contributed by atoms with Gasteiger partial charge >= 0.3 is 0 Å². The van der Waals surface area contributed by atoms with Gasteiger partial charge in [0.25, 0.3) is 5.56 Å². The summed E-state index contributed by atoms with van der Waals surface area (Å²) in [6, 6.07) is 1.84. The van der Waals surface area contributed by atoms with Crippen molar-refractivity contribution >= 4 is 0 Å². The summed E-state index contributed by atoms with van der Waals surface area (Å²) in [6.45, 7) is 4.86. The van der Waals surface area contributed by atoms with Gasteiger partial charge in [0.05, 0.1) is 12.2 Å².